The number of para-hydroxylation sites is 1. The van der Waals surface area contributed by atoms with Crippen LogP contribution in [-0.4, -0.2) is 25.5 Å². The SMILES string of the molecule is CNCCCC(=O)N1c2ccccc2CC1C.Cl. The van der Waals surface area contributed by atoms with E-state index >= 15 is 0 Å². The summed E-state index contributed by atoms with van der Waals surface area (Å²) >= 11 is 0. The first-order valence-electron chi connectivity index (χ1n) is 6.28. The summed E-state index contributed by atoms with van der Waals surface area (Å²) in [6.07, 6.45) is 2.51. The van der Waals surface area contributed by atoms with E-state index in [9.17, 15) is 4.79 Å². The Morgan fingerprint density at radius 2 is 2.17 bits per heavy atom. The fraction of sp³-hybridized carbons (Fsp3) is 0.500. The molecule has 1 aliphatic rings. The lowest BCUT2D eigenvalue weighted by molar-refractivity contribution is -0.119. The first-order chi connectivity index (χ1) is 8.24. The first kappa shape index (κ1) is 15.0. The van der Waals surface area contributed by atoms with Crippen molar-refractivity contribution in [1.82, 2.24) is 5.32 Å². The molecule has 0 radical (unpaired) electrons. The highest BCUT2D eigenvalue weighted by Crippen LogP contribution is 2.32. The zero-order valence-corrected chi connectivity index (χ0v) is 11.8. The van der Waals surface area contributed by atoms with E-state index in [0.717, 1.165) is 25.1 Å². The monoisotopic (exact) mass is 268 g/mol. The van der Waals surface area contributed by atoms with Gasteiger partial charge in [0, 0.05) is 18.2 Å². The Balaban J connectivity index is 0.00000162. The standard InChI is InChI=1S/C14H20N2O.ClH/c1-11-10-12-6-3-4-7-13(12)16(11)14(17)8-5-9-15-2;/h3-4,6-7,11,15H,5,8-10H2,1-2H3;1H. The molecule has 1 atom stereocenters. The van der Waals surface area contributed by atoms with Gasteiger partial charge in [-0.3, -0.25) is 4.79 Å². The Morgan fingerprint density at radius 1 is 1.44 bits per heavy atom. The molecule has 2 rings (SSSR count). The summed E-state index contributed by atoms with van der Waals surface area (Å²) in [5, 5.41) is 3.07. The topological polar surface area (TPSA) is 32.3 Å². The van der Waals surface area contributed by atoms with E-state index in [4.69, 9.17) is 0 Å². The Labute approximate surface area is 115 Å². The van der Waals surface area contributed by atoms with Crippen LogP contribution in [0.2, 0.25) is 0 Å². The first-order valence-corrected chi connectivity index (χ1v) is 6.28. The maximum Gasteiger partial charge on any atom is 0.227 e. The highest BCUT2D eigenvalue weighted by molar-refractivity contribution is 5.96. The van der Waals surface area contributed by atoms with Gasteiger partial charge in [-0.15, -0.1) is 12.4 Å². The highest BCUT2D eigenvalue weighted by Gasteiger charge is 2.29. The largest absolute Gasteiger partial charge is 0.320 e. The number of carbonyl (C=O) groups is 1. The quantitative estimate of drug-likeness (QED) is 0.851. The van der Waals surface area contributed by atoms with Crippen LogP contribution in [0.25, 0.3) is 0 Å². The Morgan fingerprint density at radius 3 is 2.89 bits per heavy atom. The van der Waals surface area contributed by atoms with Gasteiger partial charge < -0.3 is 10.2 Å². The number of nitrogens with zero attached hydrogens (tertiary/aromatic N) is 1. The Kier molecular flexibility index (Phi) is 5.63. The molecule has 1 unspecified atom stereocenters. The molecule has 3 nitrogen and oxygen atoms in total. The van der Waals surface area contributed by atoms with E-state index in [1.54, 1.807) is 0 Å². The van der Waals surface area contributed by atoms with Crippen molar-refractivity contribution in [3.05, 3.63) is 29.8 Å². The number of carbonyl (C=O) groups excluding carboxylic acids is 1. The second-order valence-electron chi connectivity index (χ2n) is 4.65. The number of benzene rings is 1. The predicted molar refractivity (Wildman–Crippen MR) is 77.5 cm³/mol. The van der Waals surface area contributed by atoms with Crippen molar-refractivity contribution in [3.8, 4) is 0 Å². The molecule has 0 saturated carbocycles. The molecule has 1 aromatic rings. The fourth-order valence-electron chi connectivity index (χ4n) is 2.48. The molecule has 4 heteroatoms. The van der Waals surface area contributed by atoms with Gasteiger partial charge in [0.05, 0.1) is 0 Å². The molecule has 0 bridgehead atoms. The summed E-state index contributed by atoms with van der Waals surface area (Å²) in [5.41, 5.74) is 2.40. The lowest BCUT2D eigenvalue weighted by Crippen LogP contribution is -2.35. The summed E-state index contributed by atoms with van der Waals surface area (Å²) in [5.74, 6) is 0.248. The van der Waals surface area contributed by atoms with Crippen molar-refractivity contribution in [1.29, 1.82) is 0 Å². The summed E-state index contributed by atoms with van der Waals surface area (Å²) in [7, 11) is 1.91. The third kappa shape index (κ3) is 3.03. The van der Waals surface area contributed by atoms with Crippen LogP contribution in [0.1, 0.15) is 25.3 Å². The van der Waals surface area contributed by atoms with Crippen LogP contribution < -0.4 is 10.2 Å². The lowest BCUT2D eigenvalue weighted by Gasteiger charge is -2.22. The molecule has 1 aliphatic heterocycles. The van der Waals surface area contributed by atoms with Gasteiger partial charge in [-0.05, 0) is 45.0 Å². The van der Waals surface area contributed by atoms with E-state index < -0.39 is 0 Å². The van der Waals surface area contributed by atoms with E-state index in [1.165, 1.54) is 5.56 Å². The third-order valence-electron chi connectivity index (χ3n) is 3.29. The highest BCUT2D eigenvalue weighted by atomic mass is 35.5. The van der Waals surface area contributed by atoms with Gasteiger partial charge in [-0.25, -0.2) is 0 Å². The second-order valence-corrected chi connectivity index (χ2v) is 4.65. The molecule has 0 fully saturated rings. The number of hydrogen-bond acceptors (Lipinski definition) is 2. The fourth-order valence-corrected chi connectivity index (χ4v) is 2.48. The molecule has 0 aromatic heterocycles. The van der Waals surface area contributed by atoms with Crippen LogP contribution in [0.5, 0.6) is 0 Å². The van der Waals surface area contributed by atoms with Crippen LogP contribution in [0, 0.1) is 0 Å². The number of rotatable bonds is 4. The Hall–Kier alpha value is -1.06. The minimum Gasteiger partial charge on any atom is -0.320 e. The molecule has 1 aromatic carbocycles. The Bertz CT molecular complexity index is 409. The van der Waals surface area contributed by atoms with E-state index in [1.807, 2.05) is 24.1 Å². The van der Waals surface area contributed by atoms with E-state index in [-0.39, 0.29) is 18.3 Å². The number of fused-ring (bicyclic) bond motifs is 1. The molecular formula is C14H21ClN2O. The van der Waals surface area contributed by atoms with Gasteiger partial charge in [0.15, 0.2) is 0 Å². The maximum atomic E-state index is 12.2. The number of hydrogen-bond donors (Lipinski definition) is 1. The zero-order chi connectivity index (χ0) is 12.3. The van der Waals surface area contributed by atoms with Crippen molar-refractivity contribution in [2.45, 2.75) is 32.2 Å². The lowest BCUT2D eigenvalue weighted by atomic mass is 10.1. The summed E-state index contributed by atoms with van der Waals surface area (Å²) in [6.45, 7) is 3.02. The third-order valence-corrected chi connectivity index (χ3v) is 3.29. The molecule has 100 valence electrons. The van der Waals surface area contributed by atoms with Crippen molar-refractivity contribution in [2.24, 2.45) is 0 Å². The van der Waals surface area contributed by atoms with Gasteiger partial charge in [0.25, 0.3) is 0 Å². The van der Waals surface area contributed by atoms with Crippen LogP contribution in [0.4, 0.5) is 5.69 Å². The zero-order valence-electron chi connectivity index (χ0n) is 11.0. The summed E-state index contributed by atoms with van der Waals surface area (Å²) < 4.78 is 0. The number of anilines is 1. The minimum atomic E-state index is 0. The maximum absolute atomic E-state index is 12.2. The minimum absolute atomic E-state index is 0. The molecule has 1 N–H and O–H groups in total. The predicted octanol–water partition coefficient (Wildman–Crippen LogP) is 2.39. The smallest absolute Gasteiger partial charge is 0.227 e. The van der Waals surface area contributed by atoms with Crippen LogP contribution in [0.15, 0.2) is 24.3 Å². The van der Waals surface area contributed by atoms with Crippen molar-refractivity contribution in [2.75, 3.05) is 18.5 Å². The second kappa shape index (κ2) is 6.76. The summed E-state index contributed by atoms with van der Waals surface area (Å²) in [4.78, 5) is 14.2. The molecule has 1 amide bonds. The van der Waals surface area contributed by atoms with Crippen molar-refractivity contribution in [3.63, 3.8) is 0 Å². The molecular weight excluding hydrogens is 248 g/mol. The van der Waals surface area contributed by atoms with Gasteiger partial charge >= 0.3 is 0 Å². The molecule has 0 aliphatic carbocycles. The van der Waals surface area contributed by atoms with Crippen LogP contribution in [-0.2, 0) is 11.2 Å². The molecule has 18 heavy (non-hydrogen) atoms. The van der Waals surface area contributed by atoms with E-state index in [0.29, 0.717) is 12.5 Å². The van der Waals surface area contributed by atoms with Gasteiger partial charge in [-0.1, -0.05) is 18.2 Å². The average molecular weight is 269 g/mol. The van der Waals surface area contributed by atoms with Gasteiger partial charge in [-0.2, -0.15) is 0 Å². The molecule has 0 spiro atoms. The van der Waals surface area contributed by atoms with Gasteiger partial charge in [0.1, 0.15) is 0 Å². The molecule has 1 heterocycles. The van der Waals surface area contributed by atoms with E-state index in [2.05, 4.69) is 24.4 Å². The number of nitrogens with one attached hydrogen (secondary N) is 1. The van der Waals surface area contributed by atoms with Crippen molar-refractivity contribution < 1.29 is 4.79 Å². The van der Waals surface area contributed by atoms with Crippen LogP contribution >= 0.6 is 12.4 Å². The average Bonchev–Trinajstić information content (AvgIpc) is 2.65. The number of halogens is 1. The normalized spacial score (nSPS) is 17.2. The van der Waals surface area contributed by atoms with Crippen molar-refractivity contribution >= 4 is 24.0 Å². The molecule has 0 saturated heterocycles. The van der Waals surface area contributed by atoms with Crippen LogP contribution in [0.3, 0.4) is 0 Å². The van der Waals surface area contributed by atoms with Gasteiger partial charge in [0.2, 0.25) is 5.91 Å². The number of amides is 1. The summed E-state index contributed by atoms with van der Waals surface area (Å²) in [6, 6.07) is 8.52.